The zero-order valence-electron chi connectivity index (χ0n) is 11.1. The van der Waals surface area contributed by atoms with Crippen LogP contribution in [0.15, 0.2) is 24.3 Å². The Morgan fingerprint density at radius 2 is 1.95 bits per heavy atom. The first-order valence-electron chi connectivity index (χ1n) is 6.32. The molecule has 0 unspecified atom stereocenters. The molecule has 0 aliphatic rings. The lowest BCUT2D eigenvalue weighted by Crippen LogP contribution is -2.01. The molecule has 6 heteroatoms. The molecule has 0 spiro atoms. The minimum Gasteiger partial charge on any atom is -0.477 e. The average molecular weight is 334 g/mol. The van der Waals surface area contributed by atoms with Crippen LogP contribution >= 0.6 is 34.8 Å². The van der Waals surface area contributed by atoms with E-state index in [0.29, 0.717) is 28.4 Å². The summed E-state index contributed by atoms with van der Waals surface area (Å²) in [4.78, 5) is 0. The quantitative estimate of drug-likeness (QED) is 0.556. The lowest BCUT2D eigenvalue weighted by molar-refractivity contribution is 0.296. The van der Waals surface area contributed by atoms with Gasteiger partial charge in [-0.05, 0) is 38.0 Å². The van der Waals surface area contributed by atoms with Crippen molar-refractivity contribution in [1.82, 2.24) is 9.78 Å². The highest BCUT2D eigenvalue weighted by Crippen LogP contribution is 2.25. The Morgan fingerprint density at radius 1 is 1.15 bits per heavy atom. The van der Waals surface area contributed by atoms with E-state index >= 15 is 0 Å². The number of aromatic nitrogens is 2. The van der Waals surface area contributed by atoms with Gasteiger partial charge in [-0.15, -0.1) is 16.7 Å². The molecule has 0 saturated carbocycles. The number of halogens is 3. The van der Waals surface area contributed by atoms with Gasteiger partial charge in [-0.1, -0.05) is 23.2 Å². The maximum atomic E-state index is 6.02. The van der Waals surface area contributed by atoms with Gasteiger partial charge in [-0.25, -0.2) is 4.68 Å². The number of hydrogen-bond acceptors (Lipinski definition) is 2. The van der Waals surface area contributed by atoms with Crippen LogP contribution in [-0.4, -0.2) is 22.3 Å². The number of nitrogens with zero attached hydrogens (tertiary/aromatic N) is 2. The highest BCUT2D eigenvalue weighted by atomic mass is 35.5. The molecule has 1 aromatic carbocycles. The summed E-state index contributed by atoms with van der Waals surface area (Å²) < 4.78 is 7.37. The molecule has 0 saturated heterocycles. The third kappa shape index (κ3) is 3.81. The van der Waals surface area contributed by atoms with Crippen molar-refractivity contribution in [3.05, 3.63) is 40.0 Å². The van der Waals surface area contributed by atoms with E-state index in [0.717, 1.165) is 24.2 Å². The third-order valence-corrected chi connectivity index (χ3v) is 3.80. The highest BCUT2D eigenvalue weighted by Gasteiger charge is 2.08. The van der Waals surface area contributed by atoms with Crippen LogP contribution in [0.2, 0.25) is 10.0 Å². The summed E-state index contributed by atoms with van der Waals surface area (Å²) in [6.45, 7) is 2.58. The van der Waals surface area contributed by atoms with Gasteiger partial charge in [-0.2, -0.15) is 0 Å². The van der Waals surface area contributed by atoms with E-state index in [-0.39, 0.29) is 0 Å². The summed E-state index contributed by atoms with van der Waals surface area (Å²) in [6, 6.07) is 7.29. The number of unbranched alkanes of at least 4 members (excludes halogenated alkanes) is 1. The largest absolute Gasteiger partial charge is 0.477 e. The Kier molecular flexibility index (Phi) is 5.58. The fourth-order valence-electron chi connectivity index (χ4n) is 1.77. The van der Waals surface area contributed by atoms with Crippen molar-refractivity contribution < 1.29 is 4.74 Å². The fraction of sp³-hybridized carbons (Fsp3) is 0.357. The highest BCUT2D eigenvalue weighted by molar-refractivity contribution is 6.42. The Balaban J connectivity index is 2.12. The second kappa shape index (κ2) is 7.21. The molecular weight excluding hydrogens is 319 g/mol. The number of aryl methyl sites for hydroxylation is 1. The minimum atomic E-state index is 0.503. The van der Waals surface area contributed by atoms with E-state index in [2.05, 4.69) is 5.10 Å². The van der Waals surface area contributed by atoms with Crippen LogP contribution in [0.1, 0.15) is 18.5 Å². The molecule has 0 atom stereocenters. The molecule has 0 fully saturated rings. The van der Waals surface area contributed by atoms with Gasteiger partial charge in [0.2, 0.25) is 5.88 Å². The molecule has 0 aliphatic heterocycles. The first-order chi connectivity index (χ1) is 9.61. The molecule has 1 heterocycles. The second-order valence-electron chi connectivity index (χ2n) is 4.38. The maximum Gasteiger partial charge on any atom is 0.233 e. The smallest absolute Gasteiger partial charge is 0.233 e. The normalized spacial score (nSPS) is 10.8. The molecule has 0 amide bonds. The Bertz CT molecular complexity index is 584. The summed E-state index contributed by atoms with van der Waals surface area (Å²) >= 11 is 17.6. The van der Waals surface area contributed by atoms with Crippen LogP contribution in [0.3, 0.4) is 0 Å². The topological polar surface area (TPSA) is 27.1 Å². The molecule has 0 N–H and O–H groups in total. The Hall–Kier alpha value is -0.900. The summed E-state index contributed by atoms with van der Waals surface area (Å²) in [6.07, 6.45) is 1.86. The lowest BCUT2D eigenvalue weighted by Gasteiger charge is -2.05. The predicted octanol–water partition coefficient (Wildman–Crippen LogP) is 4.89. The van der Waals surface area contributed by atoms with E-state index in [9.17, 15) is 0 Å². The van der Waals surface area contributed by atoms with Crippen molar-refractivity contribution in [1.29, 1.82) is 0 Å². The molecule has 0 aliphatic carbocycles. The monoisotopic (exact) mass is 332 g/mol. The second-order valence-corrected chi connectivity index (χ2v) is 5.57. The predicted molar refractivity (Wildman–Crippen MR) is 83.8 cm³/mol. The SMILES string of the molecule is Cc1cc(OCCCCCl)nn1-c1ccc(Cl)c(Cl)c1. The number of alkyl halides is 1. The first-order valence-corrected chi connectivity index (χ1v) is 7.61. The zero-order chi connectivity index (χ0) is 14.5. The van der Waals surface area contributed by atoms with Crippen LogP contribution in [0.5, 0.6) is 5.88 Å². The molecule has 0 radical (unpaired) electrons. The summed E-state index contributed by atoms with van der Waals surface area (Å²) in [5, 5.41) is 5.44. The van der Waals surface area contributed by atoms with Crippen molar-refractivity contribution >= 4 is 34.8 Å². The first kappa shape index (κ1) is 15.5. The van der Waals surface area contributed by atoms with Crippen LogP contribution in [-0.2, 0) is 0 Å². The van der Waals surface area contributed by atoms with Gasteiger partial charge in [-0.3, -0.25) is 0 Å². The number of hydrogen-bond donors (Lipinski definition) is 0. The van der Waals surface area contributed by atoms with Crippen LogP contribution in [0.4, 0.5) is 0 Å². The molecule has 20 heavy (non-hydrogen) atoms. The number of benzene rings is 1. The van der Waals surface area contributed by atoms with Crippen LogP contribution < -0.4 is 4.74 Å². The van der Waals surface area contributed by atoms with Gasteiger partial charge in [0.1, 0.15) is 0 Å². The Morgan fingerprint density at radius 3 is 2.65 bits per heavy atom. The molecule has 108 valence electrons. The Labute approximate surface area is 133 Å². The summed E-state index contributed by atoms with van der Waals surface area (Å²) in [5.74, 6) is 1.25. The fourth-order valence-corrected chi connectivity index (χ4v) is 2.25. The van der Waals surface area contributed by atoms with E-state index < -0.39 is 0 Å². The van der Waals surface area contributed by atoms with E-state index in [1.54, 1.807) is 16.8 Å². The van der Waals surface area contributed by atoms with Gasteiger partial charge < -0.3 is 4.74 Å². The van der Waals surface area contributed by atoms with E-state index in [4.69, 9.17) is 39.5 Å². The lowest BCUT2D eigenvalue weighted by atomic mass is 10.3. The van der Waals surface area contributed by atoms with Gasteiger partial charge in [0.05, 0.1) is 22.3 Å². The molecule has 2 aromatic rings. The van der Waals surface area contributed by atoms with Gasteiger partial charge in [0.25, 0.3) is 0 Å². The van der Waals surface area contributed by atoms with Crippen molar-refractivity contribution in [3.63, 3.8) is 0 Å². The number of rotatable bonds is 6. The molecular formula is C14H15Cl3N2O. The van der Waals surface area contributed by atoms with Crippen molar-refractivity contribution in [2.45, 2.75) is 19.8 Å². The van der Waals surface area contributed by atoms with E-state index in [1.807, 2.05) is 19.1 Å². The van der Waals surface area contributed by atoms with Crippen molar-refractivity contribution in [2.75, 3.05) is 12.5 Å². The number of ether oxygens (including phenoxy) is 1. The minimum absolute atomic E-state index is 0.503. The van der Waals surface area contributed by atoms with E-state index in [1.165, 1.54) is 0 Å². The third-order valence-electron chi connectivity index (χ3n) is 2.79. The summed E-state index contributed by atoms with van der Waals surface area (Å²) in [5.41, 5.74) is 1.82. The van der Waals surface area contributed by atoms with Gasteiger partial charge >= 0.3 is 0 Å². The molecule has 3 nitrogen and oxygen atoms in total. The van der Waals surface area contributed by atoms with Gasteiger partial charge in [0.15, 0.2) is 0 Å². The van der Waals surface area contributed by atoms with Gasteiger partial charge in [0, 0.05) is 17.6 Å². The van der Waals surface area contributed by atoms with Crippen molar-refractivity contribution in [2.24, 2.45) is 0 Å². The molecule has 1 aromatic heterocycles. The summed E-state index contributed by atoms with van der Waals surface area (Å²) in [7, 11) is 0. The average Bonchev–Trinajstić information content (AvgIpc) is 2.79. The van der Waals surface area contributed by atoms with Crippen LogP contribution in [0.25, 0.3) is 5.69 Å². The maximum absolute atomic E-state index is 6.02. The van der Waals surface area contributed by atoms with Crippen LogP contribution in [0, 0.1) is 6.92 Å². The molecule has 2 rings (SSSR count). The van der Waals surface area contributed by atoms with Crippen molar-refractivity contribution in [3.8, 4) is 11.6 Å². The molecule has 0 bridgehead atoms. The zero-order valence-corrected chi connectivity index (χ0v) is 13.3. The standard InChI is InChI=1S/C14H15Cl3N2O/c1-10-8-14(20-7-3-2-6-15)18-19(10)11-4-5-12(16)13(17)9-11/h4-5,8-9H,2-3,6-7H2,1H3.